The summed E-state index contributed by atoms with van der Waals surface area (Å²) in [5.74, 6) is -2.88. The second-order valence-corrected chi connectivity index (χ2v) is 15.3. The van der Waals surface area contributed by atoms with Crippen molar-refractivity contribution in [2.75, 3.05) is 31.9 Å². The molecule has 26 heteroatoms. The van der Waals surface area contributed by atoms with Gasteiger partial charge < -0.3 is 23.7 Å². The van der Waals surface area contributed by atoms with Gasteiger partial charge in [-0.3, -0.25) is 15.4 Å². The maximum Gasteiger partial charge on any atom is 0.416 e. The molecule has 4 aromatic rings. The Hall–Kier alpha value is -6.34. The number of nitrogens with zero attached hydrogens (tertiary/aromatic N) is 4. The molecule has 1 unspecified atom stereocenters. The van der Waals surface area contributed by atoms with E-state index in [1.807, 2.05) is 0 Å². The second kappa shape index (κ2) is 19.9. The molecular weight excluding hydrogens is 861 g/mol. The number of nitro benzene ring substituents is 1. The molecule has 4 rings (SSSR count). The smallest absolute Gasteiger partial charge is 0.416 e. The highest BCUT2D eigenvalue weighted by atomic mass is 35.5. The van der Waals surface area contributed by atoms with Crippen molar-refractivity contribution < 1.29 is 73.0 Å². The van der Waals surface area contributed by atoms with Crippen molar-refractivity contribution in [3.8, 4) is 23.3 Å². The van der Waals surface area contributed by atoms with E-state index in [0.717, 1.165) is 42.6 Å². The van der Waals surface area contributed by atoms with Crippen molar-refractivity contribution in [2.45, 2.75) is 43.0 Å². The van der Waals surface area contributed by atoms with E-state index in [1.165, 1.54) is 40.2 Å². The minimum Gasteiger partial charge on any atom is -0.481 e. The van der Waals surface area contributed by atoms with Crippen molar-refractivity contribution in [3.05, 3.63) is 87.1 Å². The molecule has 2 N–H and O–H groups in total. The summed E-state index contributed by atoms with van der Waals surface area (Å²) in [6.45, 7) is 4.17. The van der Waals surface area contributed by atoms with E-state index in [1.54, 1.807) is 11.6 Å². The fourth-order valence-corrected chi connectivity index (χ4v) is 7.03. The molecule has 2 aromatic carbocycles. The van der Waals surface area contributed by atoms with E-state index in [2.05, 4.69) is 20.3 Å². The van der Waals surface area contributed by atoms with Gasteiger partial charge in [0.2, 0.25) is 17.7 Å². The number of alkyl halides is 3. The molecule has 0 fully saturated rings. The van der Waals surface area contributed by atoms with Crippen molar-refractivity contribution >= 4 is 61.1 Å². The summed E-state index contributed by atoms with van der Waals surface area (Å²) < 4.78 is 114. The van der Waals surface area contributed by atoms with Crippen molar-refractivity contribution in [2.24, 2.45) is 0 Å². The fraction of sp³-hybridized carbons (Fsp3) is 0.273. The number of carbonyl (C=O) groups is 3. The number of ether oxygens (including phenoxy) is 5. The third-order valence-electron chi connectivity index (χ3n) is 7.03. The van der Waals surface area contributed by atoms with E-state index >= 15 is 0 Å². The number of nitrogens with one attached hydrogen (secondary N) is 2. The Balaban J connectivity index is 0.000000317. The number of carbonyl (C=O) groups excluding carboxylic acids is 3. The molecule has 0 radical (unpaired) electrons. The molecule has 0 spiro atoms. The Kier molecular flexibility index (Phi) is 15.9. The molecule has 2 amide bonds. The predicted molar refractivity (Wildman–Crippen MR) is 198 cm³/mol. The first kappa shape index (κ1) is 47.0. The predicted octanol–water partition coefficient (Wildman–Crippen LogP) is 5.36. The number of rotatable bonds is 14. The first-order valence-corrected chi connectivity index (χ1v) is 19.8. The largest absolute Gasteiger partial charge is 0.481 e. The maximum absolute atomic E-state index is 12.8. The van der Waals surface area contributed by atoms with Crippen LogP contribution in [0.5, 0.6) is 23.3 Å². The molecule has 0 aliphatic rings. The van der Waals surface area contributed by atoms with Gasteiger partial charge >= 0.3 is 24.1 Å². The number of nitro groups is 1. The average Bonchev–Trinajstić information content (AvgIpc) is 3.17. The number of hydrogen-bond donors (Lipinski definition) is 2. The monoisotopic (exact) mass is 892 g/mol. The minimum atomic E-state index is -4.61. The van der Waals surface area contributed by atoms with Crippen molar-refractivity contribution in [3.63, 3.8) is 0 Å². The van der Waals surface area contributed by atoms with E-state index in [9.17, 15) is 54.5 Å². The maximum atomic E-state index is 12.8. The van der Waals surface area contributed by atoms with Crippen LogP contribution in [0.2, 0.25) is 5.02 Å². The first-order chi connectivity index (χ1) is 27.6. The lowest BCUT2D eigenvalue weighted by atomic mass is 10.1. The Bertz CT molecular complexity index is 2420. The summed E-state index contributed by atoms with van der Waals surface area (Å²) in [6.07, 6.45) is -4.85. The number of esters is 2. The molecular formula is C33H32ClF3N6O14S2. The van der Waals surface area contributed by atoms with Gasteiger partial charge in [-0.25, -0.2) is 32.5 Å². The van der Waals surface area contributed by atoms with Crippen LogP contribution in [0.25, 0.3) is 0 Å². The van der Waals surface area contributed by atoms with Gasteiger partial charge in [0, 0.05) is 18.3 Å². The van der Waals surface area contributed by atoms with Gasteiger partial charge in [-0.15, -0.1) is 0 Å². The molecule has 2 aromatic heterocycles. The zero-order valence-corrected chi connectivity index (χ0v) is 33.5. The van der Waals surface area contributed by atoms with Crippen molar-refractivity contribution in [1.82, 2.24) is 19.7 Å². The number of sulfonamides is 1. The number of amides is 2. The number of aromatic nitrogens is 3. The number of urea groups is 1. The number of methoxy groups -OCH3 is 2. The quantitative estimate of drug-likeness (QED) is 0.0916. The number of pyridine rings is 1. The van der Waals surface area contributed by atoms with E-state index in [-0.39, 0.29) is 46.6 Å². The lowest BCUT2D eigenvalue weighted by Crippen LogP contribution is -2.36. The summed E-state index contributed by atoms with van der Waals surface area (Å²) in [7, 11) is -5.85. The zero-order valence-electron chi connectivity index (χ0n) is 31.1. The molecule has 318 valence electrons. The number of hydrogen-bond acceptors (Lipinski definition) is 17. The summed E-state index contributed by atoms with van der Waals surface area (Å²) in [6, 6.07) is 7.85. The van der Waals surface area contributed by atoms with Crippen LogP contribution < -0.4 is 24.2 Å². The average molecular weight is 893 g/mol. The van der Waals surface area contributed by atoms with Crippen LogP contribution >= 0.6 is 11.6 Å². The van der Waals surface area contributed by atoms with Gasteiger partial charge in [0.1, 0.15) is 22.0 Å². The third-order valence-corrected chi connectivity index (χ3v) is 10.5. The third kappa shape index (κ3) is 12.8. The Morgan fingerprint density at radius 3 is 2.15 bits per heavy atom. The lowest BCUT2D eigenvalue weighted by Gasteiger charge is -2.13. The molecule has 0 bridgehead atoms. The Labute approximate surface area is 338 Å². The van der Waals surface area contributed by atoms with E-state index < -0.39 is 81.8 Å². The summed E-state index contributed by atoms with van der Waals surface area (Å²) >= 11 is 5.83. The first-order valence-electron chi connectivity index (χ1n) is 16.3. The van der Waals surface area contributed by atoms with Crippen LogP contribution in [0.15, 0.2) is 70.7 Å². The van der Waals surface area contributed by atoms with Crippen LogP contribution in [-0.2, 0) is 40.3 Å². The lowest BCUT2D eigenvalue weighted by molar-refractivity contribution is -0.385. The molecule has 0 aliphatic carbocycles. The van der Waals surface area contributed by atoms with Gasteiger partial charge in [-0.1, -0.05) is 18.5 Å². The van der Waals surface area contributed by atoms with Gasteiger partial charge in [-0.2, -0.15) is 31.6 Å². The summed E-state index contributed by atoms with van der Waals surface area (Å²) in [5, 5.41) is 12.2. The van der Waals surface area contributed by atoms with Crippen LogP contribution in [-0.4, -0.2) is 87.4 Å². The summed E-state index contributed by atoms with van der Waals surface area (Å²) in [5.41, 5.74) is -2.17. The van der Waals surface area contributed by atoms with Crippen LogP contribution in [0.3, 0.4) is 0 Å². The topological polar surface area (TPSA) is 272 Å². The normalized spacial score (nSPS) is 11.8. The number of halogens is 4. The van der Waals surface area contributed by atoms with Crippen LogP contribution in [0, 0.1) is 10.1 Å². The van der Waals surface area contributed by atoms with Gasteiger partial charge in [0.15, 0.2) is 21.0 Å². The van der Waals surface area contributed by atoms with Gasteiger partial charge in [-0.05, 0) is 50.2 Å². The molecule has 2 heterocycles. The number of benzene rings is 2. The highest BCUT2D eigenvalue weighted by Crippen LogP contribution is 2.37. The molecule has 0 aliphatic heterocycles. The van der Waals surface area contributed by atoms with Gasteiger partial charge in [0.25, 0.3) is 15.7 Å². The zero-order chi connectivity index (χ0) is 44.3. The van der Waals surface area contributed by atoms with Crippen LogP contribution in [0.4, 0.5) is 29.6 Å². The highest BCUT2D eigenvalue weighted by molar-refractivity contribution is 7.93. The standard InChI is InChI=1S/C19H15ClF3NO7.C14H17N5O7S2/c1-3-29-17(25)10(2)30-18(26)13-9-12(5-6-15(13)24(27)28)31-16-7-4-11(8-14(16)20)19(21,22)23;1-4-27(21,22)9-6-5-7-15-12(9)28(23,24)19-14(20)18-13-16-10(25-2)8-11(17-13)26-3/h4-10H,3H2,1-2H3;5-8H,4H2,1-3H3,(H2,16,17,18,19,20). The van der Waals surface area contributed by atoms with E-state index in [4.69, 9.17) is 35.3 Å². The molecule has 20 nitrogen and oxygen atoms in total. The Morgan fingerprint density at radius 1 is 0.966 bits per heavy atom. The molecule has 0 saturated carbocycles. The molecule has 0 saturated heterocycles. The number of anilines is 1. The molecule has 1 atom stereocenters. The second-order valence-electron chi connectivity index (χ2n) is 11.0. The van der Waals surface area contributed by atoms with Crippen molar-refractivity contribution in [1.29, 1.82) is 0 Å². The van der Waals surface area contributed by atoms with Gasteiger partial charge in [0.05, 0.1) is 48.2 Å². The SMILES string of the molecule is CCOC(=O)C(C)OC(=O)c1cc(Oc2ccc(C(F)(F)F)cc2Cl)ccc1[N+](=O)[O-].CCS(=O)(=O)c1cccnc1S(=O)(=O)NC(=O)Nc1nc(OC)cc(OC)n1. The van der Waals surface area contributed by atoms with Crippen LogP contribution in [0.1, 0.15) is 36.7 Å². The Morgan fingerprint density at radius 2 is 1.61 bits per heavy atom. The van der Waals surface area contributed by atoms with E-state index in [0.29, 0.717) is 6.07 Å². The summed E-state index contributed by atoms with van der Waals surface area (Å²) in [4.78, 5) is 57.2. The minimum absolute atomic E-state index is 0.0398. The highest BCUT2D eigenvalue weighted by Gasteiger charge is 2.32. The fourth-order valence-electron chi connectivity index (χ4n) is 4.26. The molecule has 59 heavy (non-hydrogen) atoms. The number of sulfone groups is 1.